The Bertz CT molecular complexity index is 687. The lowest BCUT2D eigenvalue weighted by Crippen LogP contribution is -2.12. The SMILES string of the molecule is CCc1cc(C(=O)O)cc2c(C(C)O)c(C)n(CCN)c12. The van der Waals surface area contributed by atoms with Gasteiger partial charge in [0.15, 0.2) is 0 Å². The lowest BCUT2D eigenvalue weighted by molar-refractivity contribution is 0.0697. The summed E-state index contributed by atoms with van der Waals surface area (Å²) in [4.78, 5) is 11.3. The first-order valence-corrected chi connectivity index (χ1v) is 7.19. The Morgan fingerprint density at radius 3 is 2.57 bits per heavy atom. The molecule has 0 saturated heterocycles. The van der Waals surface area contributed by atoms with Crippen molar-refractivity contribution >= 4 is 16.9 Å². The van der Waals surface area contributed by atoms with Crippen LogP contribution in [0.2, 0.25) is 0 Å². The van der Waals surface area contributed by atoms with E-state index in [1.54, 1.807) is 19.1 Å². The summed E-state index contributed by atoms with van der Waals surface area (Å²) in [5, 5.41) is 20.2. The van der Waals surface area contributed by atoms with Crippen molar-refractivity contribution in [1.82, 2.24) is 4.57 Å². The summed E-state index contributed by atoms with van der Waals surface area (Å²) in [6.07, 6.45) is 0.0746. The molecule has 0 amide bonds. The first kappa shape index (κ1) is 15.5. The van der Waals surface area contributed by atoms with Crippen molar-refractivity contribution in [2.45, 2.75) is 39.8 Å². The molecule has 0 radical (unpaired) electrons. The molecule has 1 aromatic heterocycles. The highest BCUT2D eigenvalue weighted by Gasteiger charge is 2.21. The van der Waals surface area contributed by atoms with Crippen LogP contribution in [0.3, 0.4) is 0 Å². The standard InChI is InChI=1S/C16H22N2O3/c1-4-11-7-12(16(20)21)8-13-14(10(3)19)9(2)18(6-5-17)15(11)13/h7-8,10,19H,4-6,17H2,1-3H3,(H,20,21). The van der Waals surface area contributed by atoms with Crippen molar-refractivity contribution in [2.75, 3.05) is 6.54 Å². The van der Waals surface area contributed by atoms with Crippen molar-refractivity contribution in [2.24, 2.45) is 5.73 Å². The summed E-state index contributed by atoms with van der Waals surface area (Å²) >= 11 is 0. The molecular weight excluding hydrogens is 268 g/mol. The zero-order valence-corrected chi connectivity index (χ0v) is 12.7. The van der Waals surface area contributed by atoms with Crippen LogP contribution >= 0.6 is 0 Å². The fraction of sp³-hybridized carbons (Fsp3) is 0.438. The third-order valence-electron chi connectivity index (χ3n) is 3.94. The van der Waals surface area contributed by atoms with Gasteiger partial charge in [-0.15, -0.1) is 0 Å². The van der Waals surface area contributed by atoms with Crippen LogP contribution in [0, 0.1) is 6.92 Å². The van der Waals surface area contributed by atoms with Gasteiger partial charge in [0.25, 0.3) is 0 Å². The van der Waals surface area contributed by atoms with Gasteiger partial charge in [0.1, 0.15) is 0 Å². The summed E-state index contributed by atoms with van der Waals surface area (Å²) in [6, 6.07) is 3.36. The van der Waals surface area contributed by atoms with Crippen molar-refractivity contribution in [1.29, 1.82) is 0 Å². The van der Waals surface area contributed by atoms with Gasteiger partial charge in [-0.1, -0.05) is 6.92 Å². The number of aryl methyl sites for hydroxylation is 1. The van der Waals surface area contributed by atoms with Crippen molar-refractivity contribution in [3.8, 4) is 0 Å². The van der Waals surface area contributed by atoms with Crippen LogP contribution < -0.4 is 5.73 Å². The number of hydrogen-bond acceptors (Lipinski definition) is 3. The molecule has 0 aliphatic rings. The Labute approximate surface area is 124 Å². The maximum absolute atomic E-state index is 11.3. The highest BCUT2D eigenvalue weighted by atomic mass is 16.4. The van der Waals surface area contributed by atoms with E-state index in [4.69, 9.17) is 5.73 Å². The van der Waals surface area contributed by atoms with E-state index in [-0.39, 0.29) is 5.56 Å². The highest BCUT2D eigenvalue weighted by molar-refractivity contribution is 5.97. The molecule has 21 heavy (non-hydrogen) atoms. The third kappa shape index (κ3) is 2.54. The van der Waals surface area contributed by atoms with Gasteiger partial charge in [-0.05, 0) is 38.0 Å². The normalized spacial score (nSPS) is 12.8. The smallest absolute Gasteiger partial charge is 0.335 e. The summed E-state index contributed by atoms with van der Waals surface area (Å²) in [7, 11) is 0. The first-order chi connectivity index (χ1) is 9.92. The van der Waals surface area contributed by atoms with Gasteiger partial charge in [-0.2, -0.15) is 0 Å². The average Bonchev–Trinajstić information content (AvgIpc) is 2.71. The van der Waals surface area contributed by atoms with Crippen molar-refractivity contribution in [3.05, 3.63) is 34.5 Å². The summed E-state index contributed by atoms with van der Waals surface area (Å²) < 4.78 is 2.09. The number of aromatic nitrogens is 1. The molecule has 5 nitrogen and oxygen atoms in total. The fourth-order valence-corrected chi connectivity index (χ4v) is 3.06. The Balaban J connectivity index is 2.92. The molecule has 0 aliphatic carbocycles. The molecular formula is C16H22N2O3. The molecule has 2 aromatic rings. The Kier molecular flexibility index (Phi) is 4.34. The minimum Gasteiger partial charge on any atom is -0.478 e. The van der Waals surface area contributed by atoms with Crippen LogP contribution in [-0.4, -0.2) is 27.3 Å². The molecule has 0 saturated carbocycles. The number of benzene rings is 1. The molecule has 0 aliphatic heterocycles. The van der Waals surface area contributed by atoms with Crippen LogP contribution in [0.4, 0.5) is 0 Å². The summed E-state index contributed by atoms with van der Waals surface area (Å²) in [6.45, 7) is 6.78. The molecule has 1 unspecified atom stereocenters. The molecule has 4 N–H and O–H groups in total. The summed E-state index contributed by atoms with van der Waals surface area (Å²) in [5.74, 6) is -0.952. The second kappa shape index (κ2) is 5.87. The van der Waals surface area contributed by atoms with E-state index in [2.05, 4.69) is 4.57 Å². The maximum atomic E-state index is 11.3. The number of carboxylic acid groups (broad SMARTS) is 1. The number of aliphatic hydroxyl groups excluding tert-OH is 1. The Hall–Kier alpha value is -1.85. The third-order valence-corrected chi connectivity index (χ3v) is 3.94. The van der Waals surface area contributed by atoms with Gasteiger partial charge < -0.3 is 20.5 Å². The van der Waals surface area contributed by atoms with Gasteiger partial charge in [0.05, 0.1) is 17.2 Å². The molecule has 2 rings (SSSR count). The predicted octanol–water partition coefficient (Wildman–Crippen LogP) is 2.22. The number of hydrogen-bond donors (Lipinski definition) is 3. The predicted molar refractivity (Wildman–Crippen MR) is 82.7 cm³/mol. The molecule has 1 heterocycles. The van der Waals surface area contributed by atoms with Gasteiger partial charge >= 0.3 is 5.97 Å². The van der Waals surface area contributed by atoms with Crippen molar-refractivity contribution < 1.29 is 15.0 Å². The highest BCUT2D eigenvalue weighted by Crippen LogP contribution is 2.34. The zero-order chi connectivity index (χ0) is 15.7. The van der Waals surface area contributed by atoms with Crippen LogP contribution in [0.15, 0.2) is 12.1 Å². The van der Waals surface area contributed by atoms with E-state index in [1.807, 2.05) is 13.8 Å². The minimum absolute atomic E-state index is 0.256. The Morgan fingerprint density at radius 1 is 1.43 bits per heavy atom. The van der Waals surface area contributed by atoms with Gasteiger partial charge in [0.2, 0.25) is 0 Å². The number of fused-ring (bicyclic) bond motifs is 1. The Morgan fingerprint density at radius 2 is 2.10 bits per heavy atom. The molecule has 1 atom stereocenters. The molecule has 1 aromatic carbocycles. The van der Waals surface area contributed by atoms with Gasteiger partial charge in [0, 0.05) is 29.7 Å². The second-order valence-corrected chi connectivity index (χ2v) is 5.31. The number of rotatable bonds is 5. The summed E-state index contributed by atoms with van der Waals surface area (Å²) in [5.41, 5.74) is 9.64. The topological polar surface area (TPSA) is 88.5 Å². The number of nitrogens with two attached hydrogens (primary N) is 1. The average molecular weight is 290 g/mol. The molecule has 0 spiro atoms. The maximum Gasteiger partial charge on any atom is 0.335 e. The van der Waals surface area contributed by atoms with E-state index in [1.165, 1.54) is 0 Å². The minimum atomic E-state index is -0.952. The quantitative estimate of drug-likeness (QED) is 0.787. The number of nitrogens with zero attached hydrogens (tertiary/aromatic N) is 1. The van der Waals surface area contributed by atoms with Crippen LogP contribution in [0.5, 0.6) is 0 Å². The molecule has 114 valence electrons. The lowest BCUT2D eigenvalue weighted by atomic mass is 10.00. The number of carbonyl (C=O) groups is 1. The van der Waals surface area contributed by atoms with Crippen molar-refractivity contribution in [3.63, 3.8) is 0 Å². The second-order valence-electron chi connectivity index (χ2n) is 5.31. The molecule has 0 bridgehead atoms. The van der Waals surface area contributed by atoms with E-state index >= 15 is 0 Å². The number of carboxylic acids is 1. The van der Waals surface area contributed by atoms with E-state index < -0.39 is 12.1 Å². The molecule has 0 fully saturated rings. The number of aliphatic hydroxyl groups is 1. The fourth-order valence-electron chi connectivity index (χ4n) is 3.06. The van der Waals surface area contributed by atoms with Gasteiger partial charge in [-0.3, -0.25) is 0 Å². The number of aromatic carboxylic acids is 1. The largest absolute Gasteiger partial charge is 0.478 e. The van der Waals surface area contributed by atoms with Crippen LogP contribution in [0.1, 0.15) is 47.1 Å². The van der Waals surface area contributed by atoms with E-state index in [0.717, 1.165) is 34.1 Å². The first-order valence-electron chi connectivity index (χ1n) is 7.19. The molecule has 5 heteroatoms. The zero-order valence-electron chi connectivity index (χ0n) is 12.7. The van der Waals surface area contributed by atoms with E-state index in [9.17, 15) is 15.0 Å². The lowest BCUT2D eigenvalue weighted by Gasteiger charge is -2.10. The van der Waals surface area contributed by atoms with Gasteiger partial charge in [-0.25, -0.2) is 4.79 Å². The van der Waals surface area contributed by atoms with Crippen LogP contribution in [-0.2, 0) is 13.0 Å². The van der Waals surface area contributed by atoms with Crippen LogP contribution in [0.25, 0.3) is 10.9 Å². The monoisotopic (exact) mass is 290 g/mol. The van der Waals surface area contributed by atoms with E-state index in [0.29, 0.717) is 13.1 Å².